The van der Waals surface area contributed by atoms with E-state index < -0.39 is 0 Å². The van der Waals surface area contributed by atoms with Crippen LogP contribution in [0.3, 0.4) is 0 Å². The van der Waals surface area contributed by atoms with Crippen LogP contribution in [0.2, 0.25) is 0 Å². The van der Waals surface area contributed by atoms with E-state index in [4.69, 9.17) is 14.5 Å². The van der Waals surface area contributed by atoms with Crippen LogP contribution in [0.15, 0.2) is 29.3 Å². The van der Waals surface area contributed by atoms with Crippen molar-refractivity contribution in [2.75, 3.05) is 46.0 Å². The molecule has 2 aromatic rings. The van der Waals surface area contributed by atoms with Gasteiger partial charge in [-0.15, -0.1) is 24.0 Å². The highest BCUT2D eigenvalue weighted by atomic mass is 127. The molecule has 0 unspecified atom stereocenters. The number of aliphatic imine (C=N–C) groups is 1. The lowest BCUT2D eigenvalue weighted by Crippen LogP contribution is -2.38. The van der Waals surface area contributed by atoms with Crippen LogP contribution < -0.4 is 15.4 Å². The lowest BCUT2D eigenvalue weighted by atomic mass is 10.2. The number of hydrogen-bond donors (Lipinski definition) is 2. The highest BCUT2D eigenvalue weighted by molar-refractivity contribution is 14.0. The number of aromatic nitrogens is 2. The third kappa shape index (κ3) is 7.93. The van der Waals surface area contributed by atoms with Gasteiger partial charge in [-0.1, -0.05) is 12.1 Å². The number of nitrogens with one attached hydrogen (secondary N) is 2. The Kier molecular flexibility index (Phi) is 11.3. The van der Waals surface area contributed by atoms with Gasteiger partial charge in [-0.2, -0.15) is 5.10 Å². The van der Waals surface area contributed by atoms with Crippen LogP contribution in [0.5, 0.6) is 5.75 Å². The lowest BCUT2D eigenvalue weighted by Gasteiger charge is -2.26. The summed E-state index contributed by atoms with van der Waals surface area (Å²) in [5.74, 6) is 1.68. The second kappa shape index (κ2) is 13.6. The van der Waals surface area contributed by atoms with E-state index in [9.17, 15) is 0 Å². The second-order valence-electron chi connectivity index (χ2n) is 7.77. The van der Waals surface area contributed by atoms with Gasteiger partial charge in [-0.3, -0.25) is 9.58 Å². The molecule has 1 aliphatic heterocycles. The summed E-state index contributed by atoms with van der Waals surface area (Å²) in [6, 6.07) is 8.18. The van der Waals surface area contributed by atoms with E-state index in [1.807, 2.05) is 30.8 Å². The van der Waals surface area contributed by atoms with Crippen LogP contribution in [0, 0.1) is 13.8 Å². The molecule has 0 radical (unpaired) electrons. The minimum absolute atomic E-state index is 0. The fourth-order valence-corrected chi connectivity index (χ4v) is 3.61. The van der Waals surface area contributed by atoms with Crippen molar-refractivity contribution in [1.82, 2.24) is 25.3 Å². The molecule has 0 saturated carbocycles. The highest BCUT2D eigenvalue weighted by Crippen LogP contribution is 2.15. The first-order valence-electron chi connectivity index (χ1n) is 11.1. The lowest BCUT2D eigenvalue weighted by molar-refractivity contribution is 0.0322. The van der Waals surface area contributed by atoms with Crippen LogP contribution in [0.4, 0.5) is 0 Å². The number of aryl methyl sites for hydroxylation is 2. The highest BCUT2D eigenvalue weighted by Gasteiger charge is 2.11. The Morgan fingerprint density at radius 1 is 1.22 bits per heavy atom. The van der Waals surface area contributed by atoms with Crippen molar-refractivity contribution in [3.63, 3.8) is 0 Å². The quantitative estimate of drug-likeness (QED) is 0.281. The number of guanidine groups is 1. The molecule has 3 rings (SSSR count). The predicted octanol–water partition coefficient (Wildman–Crippen LogP) is 2.62. The maximum Gasteiger partial charge on any atom is 0.191 e. The Hall–Kier alpha value is -1.85. The molecule has 0 aliphatic carbocycles. The molecule has 1 aromatic carbocycles. The molecule has 0 amide bonds. The molecule has 1 saturated heterocycles. The number of halogens is 1. The molecule has 8 nitrogen and oxygen atoms in total. The molecule has 2 heterocycles. The smallest absolute Gasteiger partial charge is 0.191 e. The Labute approximate surface area is 208 Å². The first-order chi connectivity index (χ1) is 15.1. The zero-order valence-electron chi connectivity index (χ0n) is 19.7. The van der Waals surface area contributed by atoms with Gasteiger partial charge < -0.3 is 20.1 Å². The summed E-state index contributed by atoms with van der Waals surface area (Å²) < 4.78 is 13.3. The van der Waals surface area contributed by atoms with E-state index in [1.165, 1.54) is 11.3 Å². The number of rotatable bonds is 9. The van der Waals surface area contributed by atoms with Gasteiger partial charge >= 0.3 is 0 Å². The molecule has 9 heteroatoms. The third-order valence-corrected chi connectivity index (χ3v) is 5.53. The molecule has 32 heavy (non-hydrogen) atoms. The van der Waals surface area contributed by atoms with Gasteiger partial charge in [-0.25, -0.2) is 4.99 Å². The molecule has 2 N–H and O–H groups in total. The van der Waals surface area contributed by atoms with E-state index in [-0.39, 0.29) is 24.0 Å². The molecule has 0 atom stereocenters. The van der Waals surface area contributed by atoms with E-state index in [0.29, 0.717) is 19.7 Å². The Balaban J connectivity index is 0.00000363. The van der Waals surface area contributed by atoms with Gasteiger partial charge in [0.25, 0.3) is 0 Å². The van der Waals surface area contributed by atoms with E-state index in [1.54, 1.807) is 0 Å². The Morgan fingerprint density at radius 2 is 2.00 bits per heavy atom. The van der Waals surface area contributed by atoms with Crippen LogP contribution in [-0.2, 0) is 24.9 Å². The van der Waals surface area contributed by atoms with Crippen molar-refractivity contribution in [3.8, 4) is 5.75 Å². The van der Waals surface area contributed by atoms with Crippen molar-refractivity contribution >= 4 is 29.9 Å². The van der Waals surface area contributed by atoms with Gasteiger partial charge in [0, 0.05) is 51.0 Å². The van der Waals surface area contributed by atoms with Crippen LogP contribution >= 0.6 is 24.0 Å². The maximum atomic E-state index is 5.97. The zero-order chi connectivity index (χ0) is 22.1. The van der Waals surface area contributed by atoms with Crippen molar-refractivity contribution in [2.45, 2.75) is 33.9 Å². The Bertz CT molecular complexity index is 864. The monoisotopic (exact) mass is 556 g/mol. The van der Waals surface area contributed by atoms with Crippen molar-refractivity contribution in [2.24, 2.45) is 12.0 Å². The molecule has 0 spiro atoms. The number of benzene rings is 1. The maximum absolute atomic E-state index is 5.97. The van der Waals surface area contributed by atoms with Gasteiger partial charge in [0.1, 0.15) is 12.4 Å². The van der Waals surface area contributed by atoms with Crippen LogP contribution in [0.25, 0.3) is 0 Å². The second-order valence-corrected chi connectivity index (χ2v) is 7.77. The molecule has 1 aliphatic rings. The normalized spacial score (nSPS) is 14.7. The summed E-state index contributed by atoms with van der Waals surface area (Å²) in [6.07, 6.45) is 0. The van der Waals surface area contributed by atoms with Crippen molar-refractivity contribution < 1.29 is 9.47 Å². The number of nitrogens with zero attached hydrogens (tertiary/aromatic N) is 4. The first-order valence-corrected chi connectivity index (χ1v) is 11.1. The summed E-state index contributed by atoms with van der Waals surface area (Å²) in [4.78, 5) is 7.12. The van der Waals surface area contributed by atoms with Gasteiger partial charge in [-0.05, 0) is 38.5 Å². The van der Waals surface area contributed by atoms with Crippen LogP contribution in [-0.4, -0.2) is 66.6 Å². The predicted molar refractivity (Wildman–Crippen MR) is 139 cm³/mol. The van der Waals surface area contributed by atoms with E-state index in [2.05, 4.69) is 46.6 Å². The number of morpholine rings is 1. The molecular weight excluding hydrogens is 519 g/mol. The summed E-state index contributed by atoms with van der Waals surface area (Å²) in [5, 5.41) is 11.2. The van der Waals surface area contributed by atoms with Crippen LogP contribution in [0.1, 0.15) is 29.4 Å². The van der Waals surface area contributed by atoms with Crippen molar-refractivity contribution in [1.29, 1.82) is 0 Å². The number of hydrogen-bond acceptors (Lipinski definition) is 5. The molecule has 0 bridgehead atoms. The standard InChI is InChI=1S/C23H36N6O2.HI/c1-5-24-23(26-17-22-18(2)27-28(4)19(22)3)25-16-20-7-6-8-21(15-20)31-14-11-29-9-12-30-13-10-29;/h6-8,15H,5,9-14,16-17H2,1-4H3,(H2,24,25,26);1H. The number of ether oxygens (including phenoxy) is 2. The summed E-state index contributed by atoms with van der Waals surface area (Å²) in [7, 11) is 1.97. The zero-order valence-corrected chi connectivity index (χ0v) is 22.0. The summed E-state index contributed by atoms with van der Waals surface area (Å²) >= 11 is 0. The average Bonchev–Trinajstić information content (AvgIpc) is 3.02. The van der Waals surface area contributed by atoms with Gasteiger partial charge in [0.2, 0.25) is 0 Å². The largest absolute Gasteiger partial charge is 0.492 e. The van der Waals surface area contributed by atoms with Crippen molar-refractivity contribution in [3.05, 3.63) is 46.8 Å². The minimum atomic E-state index is 0. The summed E-state index contributed by atoms with van der Waals surface area (Å²) in [5.41, 5.74) is 4.55. The fourth-order valence-electron chi connectivity index (χ4n) is 3.61. The van der Waals surface area contributed by atoms with Gasteiger partial charge in [0.05, 0.1) is 25.5 Å². The summed E-state index contributed by atoms with van der Waals surface area (Å²) in [6.45, 7) is 13.5. The average molecular weight is 556 g/mol. The third-order valence-electron chi connectivity index (χ3n) is 5.53. The van der Waals surface area contributed by atoms with Gasteiger partial charge in [0.15, 0.2) is 5.96 Å². The minimum Gasteiger partial charge on any atom is -0.492 e. The SMILES string of the molecule is CCNC(=NCc1cccc(OCCN2CCOCC2)c1)NCc1c(C)nn(C)c1C.I. The van der Waals surface area contributed by atoms with E-state index in [0.717, 1.165) is 62.4 Å². The molecule has 1 fully saturated rings. The molecule has 178 valence electrons. The first kappa shape index (κ1) is 26.4. The molecular formula is C23H37IN6O2. The fraction of sp³-hybridized carbons (Fsp3) is 0.565. The Morgan fingerprint density at radius 3 is 2.69 bits per heavy atom. The molecule has 1 aromatic heterocycles. The van der Waals surface area contributed by atoms with E-state index >= 15 is 0 Å². The topological polar surface area (TPSA) is 75.9 Å².